The lowest BCUT2D eigenvalue weighted by atomic mass is 10.1. The molecule has 0 aromatic carbocycles. The van der Waals surface area contributed by atoms with Gasteiger partial charge >= 0.3 is 5.97 Å². The molecule has 0 spiro atoms. The summed E-state index contributed by atoms with van der Waals surface area (Å²) in [5.41, 5.74) is 1.41. The lowest BCUT2D eigenvalue weighted by molar-refractivity contribution is -0.143. The van der Waals surface area contributed by atoms with E-state index in [4.69, 9.17) is 4.74 Å². The fraction of sp³-hybridized carbons (Fsp3) is 0.842. The fourth-order valence-corrected chi connectivity index (χ4v) is 2.72. The largest absolute Gasteiger partial charge is 0.466 e. The summed E-state index contributed by atoms with van der Waals surface area (Å²) in [6.07, 6.45) is 15.9. The van der Waals surface area contributed by atoms with Gasteiger partial charge in [-0.05, 0) is 46.0 Å². The highest BCUT2D eigenvalue weighted by Gasteiger charge is 2.02. The summed E-state index contributed by atoms with van der Waals surface area (Å²) < 4.78 is 5.27. The van der Waals surface area contributed by atoms with Crippen LogP contribution >= 0.6 is 15.9 Å². The number of unbranched alkanes of at least 4 members (excludes halogenated alkanes) is 9. The standard InChI is InChI=1S/C19H35BrO2/c1-18(2)14-10-6-3-4-9-13-17-22-19(21)15-11-7-5-8-12-16-20/h14H,3-13,15-17H2,1-2H3. The highest BCUT2D eigenvalue weighted by molar-refractivity contribution is 9.09. The van der Waals surface area contributed by atoms with Crippen molar-refractivity contribution < 1.29 is 9.53 Å². The van der Waals surface area contributed by atoms with E-state index in [2.05, 4.69) is 35.9 Å². The van der Waals surface area contributed by atoms with Gasteiger partial charge < -0.3 is 4.74 Å². The third kappa shape index (κ3) is 17.7. The molecule has 0 bridgehead atoms. The van der Waals surface area contributed by atoms with Crippen LogP contribution in [0.5, 0.6) is 0 Å². The maximum absolute atomic E-state index is 11.5. The minimum Gasteiger partial charge on any atom is -0.466 e. The Morgan fingerprint density at radius 3 is 2.14 bits per heavy atom. The molecule has 0 amide bonds. The van der Waals surface area contributed by atoms with Gasteiger partial charge in [-0.25, -0.2) is 0 Å². The van der Waals surface area contributed by atoms with Crippen LogP contribution in [0.25, 0.3) is 0 Å². The number of hydrogen-bond acceptors (Lipinski definition) is 2. The number of carbonyl (C=O) groups excluding carboxylic acids is 1. The topological polar surface area (TPSA) is 26.3 Å². The first kappa shape index (κ1) is 21.7. The van der Waals surface area contributed by atoms with Crippen molar-refractivity contribution in [3.63, 3.8) is 0 Å². The van der Waals surface area contributed by atoms with Gasteiger partial charge in [-0.3, -0.25) is 4.79 Å². The van der Waals surface area contributed by atoms with Gasteiger partial charge in [0.2, 0.25) is 0 Å². The van der Waals surface area contributed by atoms with Crippen molar-refractivity contribution in [1.29, 1.82) is 0 Å². The molecular formula is C19H35BrO2. The highest BCUT2D eigenvalue weighted by Crippen LogP contribution is 2.09. The predicted molar refractivity (Wildman–Crippen MR) is 99.6 cm³/mol. The van der Waals surface area contributed by atoms with Crippen molar-refractivity contribution in [3.8, 4) is 0 Å². The van der Waals surface area contributed by atoms with Crippen molar-refractivity contribution in [2.24, 2.45) is 0 Å². The molecule has 0 N–H and O–H groups in total. The van der Waals surface area contributed by atoms with E-state index in [0.29, 0.717) is 13.0 Å². The zero-order chi connectivity index (χ0) is 16.5. The van der Waals surface area contributed by atoms with Crippen LogP contribution in [0, 0.1) is 0 Å². The van der Waals surface area contributed by atoms with Gasteiger partial charge in [0, 0.05) is 11.8 Å². The second-order valence-electron chi connectivity index (χ2n) is 6.27. The Kier molecular flexibility index (Phi) is 16.8. The average molecular weight is 375 g/mol. The zero-order valence-corrected chi connectivity index (χ0v) is 16.3. The molecule has 0 saturated heterocycles. The number of halogens is 1. The molecule has 0 aromatic rings. The molecule has 0 saturated carbocycles. The van der Waals surface area contributed by atoms with E-state index < -0.39 is 0 Å². The molecular weight excluding hydrogens is 340 g/mol. The summed E-state index contributed by atoms with van der Waals surface area (Å²) in [6.45, 7) is 4.91. The minimum atomic E-state index is -0.0101. The van der Waals surface area contributed by atoms with Crippen LogP contribution < -0.4 is 0 Å². The molecule has 2 nitrogen and oxygen atoms in total. The fourth-order valence-electron chi connectivity index (χ4n) is 2.32. The van der Waals surface area contributed by atoms with Crippen LogP contribution in [0.3, 0.4) is 0 Å². The zero-order valence-electron chi connectivity index (χ0n) is 14.7. The molecule has 3 heteroatoms. The Bertz CT molecular complexity index is 283. The van der Waals surface area contributed by atoms with Gasteiger partial charge in [0.25, 0.3) is 0 Å². The molecule has 0 aliphatic carbocycles. The van der Waals surface area contributed by atoms with Crippen LogP contribution in [0.1, 0.15) is 90.9 Å². The van der Waals surface area contributed by atoms with Gasteiger partial charge in [-0.15, -0.1) is 0 Å². The molecule has 0 fully saturated rings. The summed E-state index contributed by atoms with van der Waals surface area (Å²) in [7, 11) is 0. The van der Waals surface area contributed by atoms with E-state index in [1.807, 2.05) is 0 Å². The van der Waals surface area contributed by atoms with Gasteiger partial charge in [0.05, 0.1) is 6.61 Å². The maximum Gasteiger partial charge on any atom is 0.305 e. The third-order valence-electron chi connectivity index (χ3n) is 3.68. The summed E-state index contributed by atoms with van der Waals surface area (Å²) in [6, 6.07) is 0. The van der Waals surface area contributed by atoms with Crippen molar-refractivity contribution >= 4 is 21.9 Å². The number of alkyl halides is 1. The summed E-state index contributed by atoms with van der Waals surface area (Å²) >= 11 is 3.43. The average Bonchev–Trinajstić information content (AvgIpc) is 2.48. The first-order valence-corrected chi connectivity index (χ1v) is 10.1. The van der Waals surface area contributed by atoms with Crippen LogP contribution in [-0.2, 0) is 9.53 Å². The highest BCUT2D eigenvalue weighted by atomic mass is 79.9. The van der Waals surface area contributed by atoms with E-state index >= 15 is 0 Å². The number of allylic oxidation sites excluding steroid dienone is 2. The van der Waals surface area contributed by atoms with Crippen molar-refractivity contribution in [3.05, 3.63) is 11.6 Å². The van der Waals surface area contributed by atoms with Gasteiger partial charge in [0.1, 0.15) is 0 Å². The third-order valence-corrected chi connectivity index (χ3v) is 4.24. The van der Waals surface area contributed by atoms with Crippen LogP contribution in [0.15, 0.2) is 11.6 Å². The minimum absolute atomic E-state index is 0.0101. The maximum atomic E-state index is 11.5. The first-order chi connectivity index (χ1) is 10.7. The molecule has 0 aromatic heterocycles. The number of esters is 1. The number of ether oxygens (including phenoxy) is 1. The normalized spacial score (nSPS) is 10.5. The van der Waals surface area contributed by atoms with Gasteiger partial charge in [0.15, 0.2) is 0 Å². The van der Waals surface area contributed by atoms with E-state index in [1.165, 1.54) is 56.9 Å². The lowest BCUT2D eigenvalue weighted by Gasteiger charge is -2.05. The predicted octanol–water partition coefficient (Wildman–Crippen LogP) is 6.57. The van der Waals surface area contributed by atoms with Crippen LogP contribution in [0.4, 0.5) is 0 Å². The molecule has 0 aliphatic heterocycles. The Balaban J connectivity index is 3.20. The molecule has 130 valence electrons. The first-order valence-electron chi connectivity index (χ1n) is 9.01. The summed E-state index contributed by atoms with van der Waals surface area (Å²) in [4.78, 5) is 11.5. The Hall–Kier alpha value is -0.310. The smallest absolute Gasteiger partial charge is 0.305 e. The van der Waals surface area contributed by atoms with E-state index in [0.717, 1.165) is 24.6 Å². The summed E-state index contributed by atoms with van der Waals surface area (Å²) in [5.74, 6) is -0.0101. The Labute approximate surface area is 146 Å². The SMILES string of the molecule is CC(C)=CCCCCCCCOC(=O)CCCCCCCBr. The van der Waals surface area contributed by atoms with Gasteiger partial charge in [-0.2, -0.15) is 0 Å². The molecule has 0 radical (unpaired) electrons. The van der Waals surface area contributed by atoms with Crippen molar-refractivity contribution in [2.75, 3.05) is 11.9 Å². The van der Waals surface area contributed by atoms with E-state index in [-0.39, 0.29) is 5.97 Å². The quantitative estimate of drug-likeness (QED) is 0.140. The monoisotopic (exact) mass is 374 g/mol. The Morgan fingerprint density at radius 2 is 1.45 bits per heavy atom. The molecule has 22 heavy (non-hydrogen) atoms. The molecule has 0 rings (SSSR count). The second-order valence-corrected chi connectivity index (χ2v) is 7.06. The van der Waals surface area contributed by atoms with Crippen molar-refractivity contribution in [1.82, 2.24) is 0 Å². The molecule has 0 heterocycles. The molecule has 0 atom stereocenters. The molecule has 0 unspecified atom stereocenters. The number of hydrogen-bond donors (Lipinski definition) is 0. The van der Waals surface area contributed by atoms with Crippen LogP contribution in [-0.4, -0.2) is 17.9 Å². The van der Waals surface area contributed by atoms with Crippen molar-refractivity contribution in [2.45, 2.75) is 90.9 Å². The van der Waals surface area contributed by atoms with Gasteiger partial charge in [-0.1, -0.05) is 66.1 Å². The Morgan fingerprint density at radius 1 is 0.864 bits per heavy atom. The van der Waals surface area contributed by atoms with E-state index in [1.54, 1.807) is 0 Å². The van der Waals surface area contributed by atoms with Crippen LogP contribution in [0.2, 0.25) is 0 Å². The summed E-state index contributed by atoms with van der Waals surface area (Å²) in [5, 5.41) is 1.09. The molecule has 0 aliphatic rings. The number of rotatable bonds is 15. The lowest BCUT2D eigenvalue weighted by Crippen LogP contribution is -2.05. The number of carbonyl (C=O) groups is 1. The second kappa shape index (κ2) is 17.1. The van der Waals surface area contributed by atoms with E-state index in [9.17, 15) is 4.79 Å².